The maximum absolute atomic E-state index is 13.3. The van der Waals surface area contributed by atoms with Gasteiger partial charge in [-0.25, -0.2) is 8.78 Å². The molecule has 0 radical (unpaired) electrons. The molecule has 0 amide bonds. The summed E-state index contributed by atoms with van der Waals surface area (Å²) >= 11 is 0. The molecule has 0 saturated heterocycles. The van der Waals surface area contributed by atoms with Crippen molar-refractivity contribution >= 4 is 0 Å². The van der Waals surface area contributed by atoms with Gasteiger partial charge >= 0.3 is 0 Å². The van der Waals surface area contributed by atoms with E-state index in [4.69, 9.17) is 15.6 Å². The molecule has 0 aliphatic heterocycles. The summed E-state index contributed by atoms with van der Waals surface area (Å²) in [4.78, 5) is 0. The highest BCUT2D eigenvalue weighted by atomic mass is 19.1. The minimum absolute atomic E-state index is 0.147. The minimum Gasteiger partial charge on any atom is -0.487 e. The van der Waals surface area contributed by atoms with Crippen LogP contribution in [0.2, 0.25) is 0 Å². The van der Waals surface area contributed by atoms with Crippen LogP contribution in [0.3, 0.4) is 0 Å². The zero-order valence-electron chi connectivity index (χ0n) is 9.91. The quantitative estimate of drug-likeness (QED) is 0.832. The van der Waals surface area contributed by atoms with Gasteiger partial charge in [-0.2, -0.15) is 0 Å². The van der Waals surface area contributed by atoms with Crippen LogP contribution < -0.4 is 10.5 Å². The second-order valence-electron chi connectivity index (χ2n) is 4.52. The van der Waals surface area contributed by atoms with Crippen molar-refractivity contribution in [2.45, 2.75) is 31.9 Å². The first-order chi connectivity index (χ1) is 7.84. The van der Waals surface area contributed by atoms with Gasteiger partial charge in [0.15, 0.2) is 11.6 Å². The molecule has 0 saturated carbocycles. The molecule has 0 fully saturated rings. The van der Waals surface area contributed by atoms with Crippen molar-refractivity contribution in [1.82, 2.24) is 0 Å². The lowest BCUT2D eigenvalue weighted by Gasteiger charge is -2.26. The van der Waals surface area contributed by atoms with E-state index >= 15 is 0 Å². The van der Waals surface area contributed by atoms with E-state index in [1.807, 2.05) is 0 Å². The maximum Gasteiger partial charge on any atom is 0.165 e. The third kappa shape index (κ3) is 4.28. The van der Waals surface area contributed by atoms with E-state index in [1.165, 1.54) is 0 Å². The van der Waals surface area contributed by atoms with Gasteiger partial charge in [-0.15, -0.1) is 0 Å². The zero-order chi connectivity index (χ0) is 13.1. The fourth-order valence-electron chi connectivity index (χ4n) is 1.55. The van der Waals surface area contributed by atoms with Gasteiger partial charge in [-0.05, 0) is 26.0 Å². The second-order valence-corrected chi connectivity index (χ2v) is 4.52. The van der Waals surface area contributed by atoms with Crippen molar-refractivity contribution in [2.75, 3.05) is 6.61 Å². The number of ether oxygens (including phenoxy) is 1. The Hall–Kier alpha value is -1.20. The number of aliphatic hydroxyl groups is 1. The highest BCUT2D eigenvalue weighted by molar-refractivity contribution is 5.25. The molecule has 5 heteroatoms. The summed E-state index contributed by atoms with van der Waals surface area (Å²) in [5.41, 5.74) is 4.94. The Labute approximate surface area is 99.2 Å². The average molecular weight is 245 g/mol. The summed E-state index contributed by atoms with van der Waals surface area (Å²) in [6.07, 6.45) is -0.0899. The molecular weight excluding hydrogens is 228 g/mol. The smallest absolute Gasteiger partial charge is 0.165 e. The first-order valence-electron chi connectivity index (χ1n) is 5.35. The van der Waals surface area contributed by atoms with Gasteiger partial charge in [-0.3, -0.25) is 0 Å². The van der Waals surface area contributed by atoms with Gasteiger partial charge in [0.1, 0.15) is 5.82 Å². The van der Waals surface area contributed by atoms with E-state index in [2.05, 4.69) is 0 Å². The summed E-state index contributed by atoms with van der Waals surface area (Å²) in [6, 6.07) is 3.01. The number of rotatable bonds is 5. The van der Waals surface area contributed by atoms with Crippen molar-refractivity contribution in [1.29, 1.82) is 0 Å². The van der Waals surface area contributed by atoms with Gasteiger partial charge < -0.3 is 15.6 Å². The van der Waals surface area contributed by atoms with E-state index in [-0.39, 0.29) is 12.4 Å². The Kier molecular flexibility index (Phi) is 4.42. The third-order valence-electron chi connectivity index (χ3n) is 2.34. The van der Waals surface area contributed by atoms with E-state index in [9.17, 15) is 8.78 Å². The minimum atomic E-state index is -0.802. The maximum atomic E-state index is 13.3. The zero-order valence-corrected chi connectivity index (χ0v) is 9.91. The lowest BCUT2D eigenvalue weighted by atomic mass is 9.97. The standard InChI is InChI=1S/C12H17F2NO2/c1-8(6-12(2,15)7-16)17-11-5-9(13)3-4-10(11)14/h3-5,8,16H,6-7,15H2,1-2H3. The van der Waals surface area contributed by atoms with Crippen LogP contribution in [0.4, 0.5) is 8.78 Å². The van der Waals surface area contributed by atoms with Crippen molar-refractivity contribution in [3.05, 3.63) is 29.8 Å². The van der Waals surface area contributed by atoms with E-state index in [1.54, 1.807) is 13.8 Å². The number of hydrogen-bond acceptors (Lipinski definition) is 3. The second kappa shape index (κ2) is 5.42. The summed E-state index contributed by atoms with van der Waals surface area (Å²) in [5.74, 6) is -1.33. The number of nitrogens with two attached hydrogens (primary N) is 1. The van der Waals surface area contributed by atoms with Gasteiger partial charge in [0.25, 0.3) is 0 Å². The summed E-state index contributed by atoms with van der Waals surface area (Å²) in [5, 5.41) is 8.99. The molecule has 1 aromatic rings. The normalized spacial score (nSPS) is 16.4. The predicted molar refractivity (Wildman–Crippen MR) is 60.7 cm³/mol. The Bertz CT molecular complexity index is 383. The van der Waals surface area contributed by atoms with E-state index in [0.717, 1.165) is 18.2 Å². The molecule has 0 bridgehead atoms. The third-order valence-corrected chi connectivity index (χ3v) is 2.34. The fraction of sp³-hybridized carbons (Fsp3) is 0.500. The molecular formula is C12H17F2NO2. The molecule has 1 aromatic carbocycles. The van der Waals surface area contributed by atoms with Crippen molar-refractivity contribution in [3.63, 3.8) is 0 Å². The van der Waals surface area contributed by atoms with Gasteiger partial charge in [0, 0.05) is 18.0 Å². The molecule has 2 atom stereocenters. The molecule has 17 heavy (non-hydrogen) atoms. The van der Waals surface area contributed by atoms with E-state index < -0.39 is 23.3 Å². The number of hydrogen-bond donors (Lipinski definition) is 2. The Morgan fingerprint density at radius 3 is 2.71 bits per heavy atom. The van der Waals surface area contributed by atoms with Crippen LogP contribution in [-0.2, 0) is 0 Å². The lowest BCUT2D eigenvalue weighted by molar-refractivity contribution is 0.130. The first-order valence-corrected chi connectivity index (χ1v) is 5.35. The number of aliphatic hydroxyl groups excluding tert-OH is 1. The molecule has 1 rings (SSSR count). The van der Waals surface area contributed by atoms with Crippen LogP contribution in [0.15, 0.2) is 18.2 Å². The van der Waals surface area contributed by atoms with Crippen LogP contribution in [0, 0.1) is 11.6 Å². The summed E-state index contributed by atoms with van der Waals surface area (Å²) in [6.45, 7) is 3.15. The van der Waals surface area contributed by atoms with Crippen LogP contribution in [0.5, 0.6) is 5.75 Å². The molecule has 0 aromatic heterocycles. The van der Waals surface area contributed by atoms with Crippen molar-refractivity contribution in [3.8, 4) is 5.75 Å². The monoisotopic (exact) mass is 245 g/mol. The van der Waals surface area contributed by atoms with Crippen LogP contribution >= 0.6 is 0 Å². The van der Waals surface area contributed by atoms with Gasteiger partial charge in [0.05, 0.1) is 12.7 Å². The van der Waals surface area contributed by atoms with Crippen LogP contribution in [-0.4, -0.2) is 23.4 Å². The highest BCUT2D eigenvalue weighted by Gasteiger charge is 2.22. The molecule has 3 N–H and O–H groups in total. The molecule has 2 unspecified atom stereocenters. The Morgan fingerprint density at radius 2 is 2.12 bits per heavy atom. The SMILES string of the molecule is CC(CC(C)(N)CO)Oc1cc(F)ccc1F. The fourth-order valence-corrected chi connectivity index (χ4v) is 1.55. The largest absolute Gasteiger partial charge is 0.487 e. The number of halogens is 2. The molecule has 3 nitrogen and oxygen atoms in total. The summed E-state index contributed by atoms with van der Waals surface area (Å²) in [7, 11) is 0. The van der Waals surface area contributed by atoms with Crippen molar-refractivity contribution < 1.29 is 18.6 Å². The first kappa shape index (κ1) is 13.9. The lowest BCUT2D eigenvalue weighted by Crippen LogP contribution is -2.43. The molecule has 0 aliphatic rings. The van der Waals surface area contributed by atoms with Crippen LogP contribution in [0.1, 0.15) is 20.3 Å². The Balaban J connectivity index is 2.68. The molecule has 96 valence electrons. The topological polar surface area (TPSA) is 55.5 Å². The van der Waals surface area contributed by atoms with E-state index in [0.29, 0.717) is 6.42 Å². The Morgan fingerprint density at radius 1 is 1.47 bits per heavy atom. The molecule has 0 spiro atoms. The van der Waals surface area contributed by atoms with Crippen molar-refractivity contribution in [2.24, 2.45) is 5.73 Å². The average Bonchev–Trinajstić information content (AvgIpc) is 2.23. The molecule has 0 heterocycles. The van der Waals surface area contributed by atoms with Gasteiger partial charge in [0.2, 0.25) is 0 Å². The molecule has 0 aliphatic carbocycles. The number of benzene rings is 1. The summed E-state index contributed by atoms with van der Waals surface area (Å²) < 4.78 is 31.4. The predicted octanol–water partition coefficient (Wildman–Crippen LogP) is 1.83. The van der Waals surface area contributed by atoms with Gasteiger partial charge in [-0.1, -0.05) is 0 Å². The highest BCUT2D eigenvalue weighted by Crippen LogP contribution is 2.21. The van der Waals surface area contributed by atoms with Crippen LogP contribution in [0.25, 0.3) is 0 Å².